The van der Waals surface area contributed by atoms with Gasteiger partial charge in [0, 0.05) is 12.7 Å². The van der Waals surface area contributed by atoms with E-state index in [-0.39, 0.29) is 11.7 Å². The molecule has 0 spiro atoms. The Morgan fingerprint density at radius 3 is 3.08 bits per heavy atom. The zero-order valence-corrected chi connectivity index (χ0v) is 6.87. The van der Waals surface area contributed by atoms with Gasteiger partial charge < -0.3 is 11.1 Å². The van der Waals surface area contributed by atoms with E-state index >= 15 is 0 Å². The Labute approximate surface area is 70.8 Å². The van der Waals surface area contributed by atoms with E-state index in [1.54, 1.807) is 18.3 Å². The van der Waals surface area contributed by atoms with Crippen LogP contribution >= 0.6 is 0 Å². The molecule has 0 bridgehead atoms. The number of nitrogens with zero attached hydrogens (tertiary/aromatic N) is 1. The van der Waals surface area contributed by atoms with E-state index in [2.05, 4.69) is 10.3 Å². The van der Waals surface area contributed by atoms with E-state index in [0.29, 0.717) is 12.1 Å². The van der Waals surface area contributed by atoms with Gasteiger partial charge in [-0.25, -0.2) is 4.98 Å². The molecule has 0 aromatic carbocycles. The van der Waals surface area contributed by atoms with Gasteiger partial charge in [0.25, 0.3) is 5.91 Å². The molecule has 4 heteroatoms. The van der Waals surface area contributed by atoms with Crippen LogP contribution in [0.4, 0.5) is 5.82 Å². The van der Waals surface area contributed by atoms with Crippen LogP contribution < -0.4 is 11.1 Å². The topological polar surface area (TPSA) is 68.0 Å². The van der Waals surface area contributed by atoms with Crippen LogP contribution in [0.15, 0.2) is 18.3 Å². The highest BCUT2D eigenvalue weighted by atomic mass is 16.1. The predicted molar refractivity (Wildman–Crippen MR) is 46.7 cm³/mol. The number of anilines is 1. The predicted octanol–water partition coefficient (Wildman–Crippen LogP) is 0.414. The minimum Gasteiger partial charge on any atom is -0.383 e. The Kier molecular flexibility index (Phi) is 2.63. The summed E-state index contributed by atoms with van der Waals surface area (Å²) in [5.74, 6) is 0.0894. The summed E-state index contributed by atoms with van der Waals surface area (Å²) in [7, 11) is 0. The van der Waals surface area contributed by atoms with Crippen LogP contribution in [0.3, 0.4) is 0 Å². The van der Waals surface area contributed by atoms with Gasteiger partial charge in [-0.1, -0.05) is 0 Å². The molecule has 0 radical (unpaired) electrons. The number of nitrogens with two attached hydrogens (primary N) is 1. The summed E-state index contributed by atoms with van der Waals surface area (Å²) in [4.78, 5) is 15.0. The van der Waals surface area contributed by atoms with Crippen LogP contribution in [0, 0.1) is 0 Å². The number of amides is 1. The van der Waals surface area contributed by atoms with Gasteiger partial charge in [0.15, 0.2) is 0 Å². The molecular formula is C8H11N3O. The molecule has 0 saturated heterocycles. The van der Waals surface area contributed by atoms with Gasteiger partial charge in [0.05, 0.1) is 5.56 Å². The summed E-state index contributed by atoms with van der Waals surface area (Å²) in [5, 5.41) is 2.64. The Hall–Kier alpha value is -1.58. The number of carbonyl (C=O) groups excluding carboxylic acids is 1. The van der Waals surface area contributed by atoms with Crippen molar-refractivity contribution in [1.82, 2.24) is 10.3 Å². The molecule has 0 aliphatic heterocycles. The third kappa shape index (κ3) is 1.72. The van der Waals surface area contributed by atoms with E-state index in [0.717, 1.165) is 0 Å². The van der Waals surface area contributed by atoms with Crippen molar-refractivity contribution in [3.8, 4) is 0 Å². The van der Waals surface area contributed by atoms with Crippen LogP contribution in [-0.4, -0.2) is 17.4 Å². The van der Waals surface area contributed by atoms with Crippen LogP contribution in [0.1, 0.15) is 17.3 Å². The molecule has 0 saturated carbocycles. The van der Waals surface area contributed by atoms with Crippen molar-refractivity contribution in [2.24, 2.45) is 0 Å². The van der Waals surface area contributed by atoms with E-state index in [1.807, 2.05) is 6.92 Å². The first-order valence-corrected chi connectivity index (χ1v) is 3.74. The molecule has 1 aromatic heterocycles. The fraction of sp³-hybridized carbons (Fsp3) is 0.250. The van der Waals surface area contributed by atoms with E-state index in [9.17, 15) is 4.79 Å². The van der Waals surface area contributed by atoms with Crippen molar-refractivity contribution in [2.75, 3.05) is 12.3 Å². The zero-order valence-electron chi connectivity index (χ0n) is 6.87. The molecule has 12 heavy (non-hydrogen) atoms. The van der Waals surface area contributed by atoms with Crippen LogP contribution in [0.25, 0.3) is 0 Å². The zero-order chi connectivity index (χ0) is 8.97. The van der Waals surface area contributed by atoms with Crippen molar-refractivity contribution >= 4 is 11.7 Å². The molecule has 64 valence electrons. The van der Waals surface area contributed by atoms with Crippen molar-refractivity contribution in [1.29, 1.82) is 0 Å². The Bertz CT molecular complexity index is 285. The maximum atomic E-state index is 11.2. The molecule has 1 amide bonds. The Morgan fingerprint density at radius 2 is 2.50 bits per heavy atom. The minimum absolute atomic E-state index is 0.178. The minimum atomic E-state index is -0.178. The summed E-state index contributed by atoms with van der Waals surface area (Å²) in [6.07, 6.45) is 1.55. The Morgan fingerprint density at radius 1 is 1.75 bits per heavy atom. The summed E-state index contributed by atoms with van der Waals surface area (Å²) in [6.45, 7) is 2.44. The van der Waals surface area contributed by atoms with Gasteiger partial charge >= 0.3 is 0 Å². The van der Waals surface area contributed by atoms with Gasteiger partial charge in [-0.15, -0.1) is 0 Å². The normalized spacial score (nSPS) is 9.42. The van der Waals surface area contributed by atoms with Crippen LogP contribution in [0.5, 0.6) is 0 Å². The molecule has 1 rings (SSSR count). The van der Waals surface area contributed by atoms with Gasteiger partial charge in [-0.05, 0) is 19.1 Å². The smallest absolute Gasteiger partial charge is 0.255 e. The number of nitrogen functional groups attached to an aromatic ring is 1. The molecule has 0 atom stereocenters. The first-order chi connectivity index (χ1) is 5.75. The molecule has 0 aliphatic rings. The Balaban J connectivity index is 2.87. The summed E-state index contributed by atoms with van der Waals surface area (Å²) in [5.41, 5.74) is 5.91. The lowest BCUT2D eigenvalue weighted by Gasteiger charge is -2.02. The highest BCUT2D eigenvalue weighted by Crippen LogP contribution is 2.05. The van der Waals surface area contributed by atoms with Crippen molar-refractivity contribution in [2.45, 2.75) is 6.92 Å². The summed E-state index contributed by atoms with van der Waals surface area (Å²) in [6, 6.07) is 3.33. The first kappa shape index (κ1) is 8.52. The fourth-order valence-corrected chi connectivity index (χ4v) is 0.865. The second-order valence-electron chi connectivity index (χ2n) is 2.30. The average Bonchev–Trinajstić information content (AvgIpc) is 2.05. The second-order valence-corrected chi connectivity index (χ2v) is 2.30. The van der Waals surface area contributed by atoms with Crippen molar-refractivity contribution < 1.29 is 4.79 Å². The monoisotopic (exact) mass is 165 g/mol. The average molecular weight is 165 g/mol. The maximum absolute atomic E-state index is 11.2. The fourth-order valence-electron chi connectivity index (χ4n) is 0.865. The lowest BCUT2D eigenvalue weighted by molar-refractivity contribution is 0.0956. The van der Waals surface area contributed by atoms with E-state index < -0.39 is 0 Å². The van der Waals surface area contributed by atoms with Gasteiger partial charge in [-0.2, -0.15) is 0 Å². The summed E-state index contributed by atoms with van der Waals surface area (Å²) < 4.78 is 0. The molecule has 1 heterocycles. The molecular weight excluding hydrogens is 154 g/mol. The highest BCUT2D eigenvalue weighted by Gasteiger charge is 2.07. The van der Waals surface area contributed by atoms with Crippen LogP contribution in [-0.2, 0) is 0 Å². The molecule has 3 N–H and O–H groups in total. The third-order valence-electron chi connectivity index (χ3n) is 1.42. The molecule has 0 unspecified atom stereocenters. The summed E-state index contributed by atoms with van der Waals surface area (Å²) >= 11 is 0. The largest absolute Gasteiger partial charge is 0.383 e. The molecule has 0 aliphatic carbocycles. The number of hydrogen-bond donors (Lipinski definition) is 2. The van der Waals surface area contributed by atoms with E-state index in [1.165, 1.54) is 0 Å². The quantitative estimate of drug-likeness (QED) is 0.667. The second kappa shape index (κ2) is 3.71. The molecule has 4 nitrogen and oxygen atoms in total. The van der Waals surface area contributed by atoms with Gasteiger partial charge in [0.2, 0.25) is 0 Å². The SMILES string of the molecule is CCNC(=O)c1cccnc1N. The number of nitrogens with one attached hydrogen (secondary N) is 1. The van der Waals surface area contributed by atoms with Crippen LogP contribution in [0.2, 0.25) is 0 Å². The maximum Gasteiger partial charge on any atom is 0.255 e. The number of hydrogen-bond acceptors (Lipinski definition) is 3. The number of rotatable bonds is 2. The molecule has 0 fully saturated rings. The van der Waals surface area contributed by atoms with Gasteiger partial charge in [-0.3, -0.25) is 4.79 Å². The lowest BCUT2D eigenvalue weighted by atomic mass is 10.2. The lowest BCUT2D eigenvalue weighted by Crippen LogP contribution is -2.23. The van der Waals surface area contributed by atoms with E-state index in [4.69, 9.17) is 5.73 Å². The number of aromatic nitrogens is 1. The van der Waals surface area contributed by atoms with Gasteiger partial charge in [0.1, 0.15) is 5.82 Å². The number of pyridine rings is 1. The van der Waals surface area contributed by atoms with Crippen molar-refractivity contribution in [3.05, 3.63) is 23.9 Å². The number of carbonyl (C=O) groups is 1. The molecule has 1 aromatic rings. The third-order valence-corrected chi connectivity index (χ3v) is 1.42. The first-order valence-electron chi connectivity index (χ1n) is 3.74. The highest BCUT2D eigenvalue weighted by molar-refractivity contribution is 5.98. The van der Waals surface area contributed by atoms with Crippen molar-refractivity contribution in [3.63, 3.8) is 0 Å². The standard InChI is InChI=1S/C8H11N3O/c1-2-10-8(12)6-4-3-5-11-7(6)9/h3-5H,2H2,1H3,(H2,9,11)(H,10,12).